The Hall–Kier alpha value is -3.63. The number of amides is 3. The number of urea groups is 1. The molecular formula is C24H28ClN7O3. The molecule has 0 unspecified atom stereocenters. The normalized spacial score (nSPS) is 18.0. The fourth-order valence-corrected chi connectivity index (χ4v) is 4.20. The molecule has 4 rings (SSSR count). The van der Waals surface area contributed by atoms with Crippen molar-refractivity contribution in [2.75, 3.05) is 32.1 Å². The highest BCUT2D eigenvalue weighted by Crippen LogP contribution is 2.27. The average molecular weight is 498 g/mol. The van der Waals surface area contributed by atoms with Crippen molar-refractivity contribution in [1.82, 2.24) is 30.7 Å². The van der Waals surface area contributed by atoms with Crippen LogP contribution in [-0.2, 0) is 11.3 Å². The number of H-pyrrole nitrogens is 1. The molecule has 1 aliphatic heterocycles. The lowest BCUT2D eigenvalue weighted by atomic mass is 9.88. The van der Waals surface area contributed by atoms with Gasteiger partial charge < -0.3 is 20.7 Å². The van der Waals surface area contributed by atoms with Gasteiger partial charge >= 0.3 is 6.03 Å². The summed E-state index contributed by atoms with van der Waals surface area (Å²) in [6, 6.07) is 10.2. The second kappa shape index (κ2) is 11.7. The number of pyridine rings is 1. The smallest absolute Gasteiger partial charge is 0.319 e. The van der Waals surface area contributed by atoms with Crippen molar-refractivity contribution in [3.63, 3.8) is 0 Å². The maximum Gasteiger partial charge on any atom is 0.319 e. The van der Waals surface area contributed by atoms with Gasteiger partial charge in [-0.3, -0.25) is 19.8 Å². The Balaban J connectivity index is 1.40. The van der Waals surface area contributed by atoms with Crippen LogP contribution in [0, 0.1) is 0 Å². The number of benzene rings is 1. The number of carbonyl (C=O) groups is 2. The van der Waals surface area contributed by atoms with E-state index in [4.69, 9.17) is 16.3 Å². The maximum absolute atomic E-state index is 12.7. The fraction of sp³-hybridized carbons (Fsp3) is 0.333. The summed E-state index contributed by atoms with van der Waals surface area (Å²) in [6.07, 6.45) is 5.76. The molecule has 1 fully saturated rings. The van der Waals surface area contributed by atoms with E-state index in [1.807, 2.05) is 12.1 Å². The third kappa shape index (κ3) is 6.93. The van der Waals surface area contributed by atoms with Crippen molar-refractivity contribution < 1.29 is 14.3 Å². The lowest BCUT2D eigenvalue weighted by Crippen LogP contribution is -2.52. The summed E-state index contributed by atoms with van der Waals surface area (Å²) in [7, 11) is 1.59. The summed E-state index contributed by atoms with van der Waals surface area (Å²) >= 11 is 5.93. The molecule has 4 N–H and O–H groups in total. The molecule has 3 amide bonds. The first-order valence-electron chi connectivity index (χ1n) is 11.3. The van der Waals surface area contributed by atoms with Crippen LogP contribution in [0.1, 0.15) is 23.6 Å². The highest BCUT2D eigenvalue weighted by molar-refractivity contribution is 6.30. The molecule has 0 aliphatic carbocycles. The summed E-state index contributed by atoms with van der Waals surface area (Å²) in [5.41, 5.74) is 2.39. The Kier molecular flexibility index (Phi) is 8.17. The number of rotatable bonds is 8. The minimum atomic E-state index is -0.304. The van der Waals surface area contributed by atoms with E-state index in [0.29, 0.717) is 42.5 Å². The van der Waals surface area contributed by atoms with Crippen LogP contribution in [0.15, 0.2) is 55.0 Å². The first kappa shape index (κ1) is 24.5. The first-order chi connectivity index (χ1) is 17.0. The maximum atomic E-state index is 12.7. The largest absolute Gasteiger partial charge is 0.495 e. The quantitative estimate of drug-likeness (QED) is 0.379. The van der Waals surface area contributed by atoms with Gasteiger partial charge in [-0.25, -0.2) is 4.79 Å². The number of methoxy groups -OCH3 is 1. The van der Waals surface area contributed by atoms with Crippen LogP contribution in [0.5, 0.6) is 5.75 Å². The van der Waals surface area contributed by atoms with E-state index >= 15 is 0 Å². The molecule has 2 atom stereocenters. The number of nitrogens with one attached hydrogen (secondary N) is 4. The molecule has 2 aromatic heterocycles. The summed E-state index contributed by atoms with van der Waals surface area (Å²) in [5, 5.41) is 16.1. The van der Waals surface area contributed by atoms with Gasteiger partial charge in [0.1, 0.15) is 5.75 Å². The molecule has 11 heteroatoms. The Morgan fingerprint density at radius 1 is 1.20 bits per heavy atom. The van der Waals surface area contributed by atoms with Crippen LogP contribution < -0.4 is 20.7 Å². The van der Waals surface area contributed by atoms with Crippen molar-refractivity contribution in [3.05, 3.63) is 71.3 Å². The molecule has 35 heavy (non-hydrogen) atoms. The number of aromatic amines is 1. The second-order valence-electron chi connectivity index (χ2n) is 8.35. The van der Waals surface area contributed by atoms with Crippen LogP contribution in [0.2, 0.25) is 5.02 Å². The number of carbonyl (C=O) groups excluding carboxylic acids is 2. The Morgan fingerprint density at radius 3 is 2.71 bits per heavy atom. The van der Waals surface area contributed by atoms with Crippen LogP contribution >= 0.6 is 11.6 Å². The zero-order valence-corrected chi connectivity index (χ0v) is 20.1. The van der Waals surface area contributed by atoms with Gasteiger partial charge in [-0.2, -0.15) is 5.10 Å². The summed E-state index contributed by atoms with van der Waals surface area (Å²) in [5.74, 6) is 0.483. The molecule has 184 valence electrons. The van der Waals surface area contributed by atoms with Crippen LogP contribution in [-0.4, -0.2) is 64.8 Å². The molecular weight excluding hydrogens is 470 g/mol. The molecule has 0 radical (unpaired) electrons. The molecule has 10 nitrogen and oxygen atoms in total. The SMILES string of the molecule is COc1ccc([C@@H]2CN(CC(=O)NCc3cn[nH]c3)CC[C@H]2NC(=O)Nc2ccc(Cl)cc2)nc1. The van der Waals surface area contributed by atoms with Crippen molar-refractivity contribution >= 4 is 29.2 Å². The minimum absolute atomic E-state index is 0.0699. The lowest BCUT2D eigenvalue weighted by molar-refractivity contribution is -0.122. The molecule has 0 bridgehead atoms. The number of anilines is 1. The fourth-order valence-electron chi connectivity index (χ4n) is 4.07. The summed E-state index contributed by atoms with van der Waals surface area (Å²) < 4.78 is 5.23. The summed E-state index contributed by atoms with van der Waals surface area (Å²) in [4.78, 5) is 31.9. The van der Waals surface area contributed by atoms with Gasteiger partial charge in [0, 0.05) is 59.8 Å². The molecule has 0 saturated carbocycles. The Labute approximate surface area is 208 Å². The van der Waals surface area contributed by atoms with Gasteiger partial charge in [0.15, 0.2) is 0 Å². The van der Waals surface area contributed by atoms with Crippen molar-refractivity contribution in [2.24, 2.45) is 0 Å². The van der Waals surface area contributed by atoms with E-state index in [2.05, 4.69) is 36.0 Å². The number of nitrogens with zero attached hydrogens (tertiary/aromatic N) is 3. The topological polar surface area (TPSA) is 124 Å². The van der Waals surface area contributed by atoms with E-state index in [1.165, 1.54) is 0 Å². The van der Waals surface area contributed by atoms with E-state index in [9.17, 15) is 9.59 Å². The average Bonchev–Trinajstić information content (AvgIpc) is 3.39. The zero-order valence-electron chi connectivity index (χ0n) is 19.3. The number of halogens is 1. The third-order valence-electron chi connectivity index (χ3n) is 5.90. The predicted octanol–water partition coefficient (Wildman–Crippen LogP) is 2.76. The van der Waals surface area contributed by atoms with Crippen LogP contribution in [0.3, 0.4) is 0 Å². The molecule has 1 saturated heterocycles. The standard InChI is InChI=1S/C24H28ClN7O3/c1-35-19-6-7-21(26-13-19)20-14-32(15-23(33)27-10-16-11-28-29-12-16)9-8-22(20)31-24(34)30-18-4-2-17(25)3-5-18/h2-7,11-13,20,22H,8-10,14-15H2,1H3,(H,27,33)(H,28,29)(H2,30,31,34)/t20-,22+/m0/s1. The van der Waals surface area contributed by atoms with Gasteiger partial charge in [0.2, 0.25) is 5.91 Å². The number of aromatic nitrogens is 3. The number of hydrogen-bond acceptors (Lipinski definition) is 6. The molecule has 0 spiro atoms. The number of likely N-dealkylation sites (tertiary alicyclic amines) is 1. The Morgan fingerprint density at radius 2 is 2.03 bits per heavy atom. The predicted molar refractivity (Wildman–Crippen MR) is 132 cm³/mol. The van der Waals surface area contributed by atoms with Crippen molar-refractivity contribution in [3.8, 4) is 5.75 Å². The first-order valence-corrected chi connectivity index (χ1v) is 11.7. The summed E-state index contributed by atoms with van der Waals surface area (Å²) in [6.45, 7) is 1.91. The van der Waals surface area contributed by atoms with E-state index in [0.717, 1.165) is 11.3 Å². The molecule has 3 aromatic rings. The van der Waals surface area contributed by atoms with Gasteiger partial charge in [0.05, 0.1) is 26.0 Å². The highest BCUT2D eigenvalue weighted by Gasteiger charge is 2.33. The number of piperidine rings is 1. The number of ether oxygens (including phenoxy) is 1. The molecule has 1 aromatic carbocycles. The molecule has 1 aliphatic rings. The van der Waals surface area contributed by atoms with Gasteiger partial charge in [-0.1, -0.05) is 11.6 Å². The number of hydrogen-bond donors (Lipinski definition) is 4. The molecule has 3 heterocycles. The minimum Gasteiger partial charge on any atom is -0.495 e. The highest BCUT2D eigenvalue weighted by atomic mass is 35.5. The van der Waals surface area contributed by atoms with Crippen molar-refractivity contribution in [1.29, 1.82) is 0 Å². The van der Waals surface area contributed by atoms with E-state index in [1.54, 1.807) is 50.0 Å². The lowest BCUT2D eigenvalue weighted by Gasteiger charge is -2.38. The van der Waals surface area contributed by atoms with Crippen LogP contribution in [0.4, 0.5) is 10.5 Å². The van der Waals surface area contributed by atoms with Crippen molar-refractivity contribution in [2.45, 2.75) is 24.9 Å². The monoisotopic (exact) mass is 497 g/mol. The van der Waals surface area contributed by atoms with Crippen LogP contribution in [0.25, 0.3) is 0 Å². The Bertz CT molecular complexity index is 1110. The second-order valence-corrected chi connectivity index (χ2v) is 8.78. The van der Waals surface area contributed by atoms with Gasteiger partial charge in [-0.05, 0) is 42.8 Å². The third-order valence-corrected chi connectivity index (χ3v) is 6.15. The van der Waals surface area contributed by atoms with Gasteiger partial charge in [0.25, 0.3) is 0 Å². The van der Waals surface area contributed by atoms with E-state index < -0.39 is 0 Å². The van der Waals surface area contributed by atoms with Gasteiger partial charge in [-0.15, -0.1) is 0 Å². The zero-order chi connectivity index (χ0) is 24.6. The van der Waals surface area contributed by atoms with E-state index in [-0.39, 0.29) is 30.4 Å².